The highest BCUT2D eigenvalue weighted by molar-refractivity contribution is 6.31. The Morgan fingerprint density at radius 2 is 2.09 bits per heavy atom. The fourth-order valence-corrected chi connectivity index (χ4v) is 3.19. The number of nitriles is 1. The Morgan fingerprint density at radius 1 is 1.30 bits per heavy atom. The summed E-state index contributed by atoms with van der Waals surface area (Å²) in [5.74, 6) is -0.0929. The first-order chi connectivity index (χ1) is 15.8. The molecule has 170 valence electrons. The van der Waals surface area contributed by atoms with Gasteiger partial charge < -0.3 is 20.3 Å². The second-order valence-corrected chi connectivity index (χ2v) is 7.79. The Kier molecular flexibility index (Phi) is 7.83. The third-order valence-corrected chi connectivity index (χ3v) is 4.81. The van der Waals surface area contributed by atoms with Crippen molar-refractivity contribution in [2.75, 3.05) is 37.9 Å². The van der Waals surface area contributed by atoms with Gasteiger partial charge in [0.2, 0.25) is 5.91 Å². The molecule has 0 radical (unpaired) electrons. The molecule has 0 unspecified atom stereocenters. The quantitative estimate of drug-likeness (QED) is 0.448. The van der Waals surface area contributed by atoms with E-state index in [1.54, 1.807) is 24.3 Å². The van der Waals surface area contributed by atoms with Crippen molar-refractivity contribution in [2.24, 2.45) is 0 Å². The second kappa shape index (κ2) is 10.8. The molecule has 0 aliphatic heterocycles. The largest absolute Gasteiger partial charge is 0.492 e. The predicted molar refractivity (Wildman–Crippen MR) is 129 cm³/mol. The maximum absolute atomic E-state index is 13.5. The van der Waals surface area contributed by atoms with Crippen molar-refractivity contribution in [3.8, 4) is 11.8 Å². The molecule has 0 saturated heterocycles. The Morgan fingerprint density at radius 3 is 2.76 bits per heavy atom. The standard InChI is InChI=1S/C24H23ClFN5O2/c1-4-33-22-13-20-15(11-21(22)29-23(32)6-5-9-31(2)3)10-16(14-27)24(30-20)28-17-7-8-19(26)18(25)12-17/h5-8,10-13H,4,9H2,1-3H3,(H,28,30)(H,29,32). The fraction of sp³-hybridized carbons (Fsp3) is 0.208. The van der Waals surface area contributed by atoms with Crippen LogP contribution in [0, 0.1) is 17.1 Å². The molecule has 0 bridgehead atoms. The second-order valence-electron chi connectivity index (χ2n) is 7.38. The molecule has 3 rings (SSSR count). The number of anilines is 3. The summed E-state index contributed by atoms with van der Waals surface area (Å²) in [5, 5.41) is 16.1. The van der Waals surface area contributed by atoms with Gasteiger partial charge in [0.1, 0.15) is 23.5 Å². The number of halogens is 2. The minimum absolute atomic E-state index is 0.0436. The van der Waals surface area contributed by atoms with Crippen molar-refractivity contribution in [1.29, 1.82) is 5.26 Å². The van der Waals surface area contributed by atoms with Crippen LogP contribution in [-0.2, 0) is 4.79 Å². The van der Waals surface area contributed by atoms with Gasteiger partial charge in [0, 0.05) is 29.8 Å². The zero-order chi connectivity index (χ0) is 24.0. The summed E-state index contributed by atoms with van der Waals surface area (Å²) in [5.41, 5.74) is 1.79. The Hall–Kier alpha value is -3.67. The van der Waals surface area contributed by atoms with Gasteiger partial charge in [0.05, 0.1) is 28.4 Å². The molecular weight excluding hydrogens is 445 g/mol. The summed E-state index contributed by atoms with van der Waals surface area (Å²) in [6.07, 6.45) is 3.21. The lowest BCUT2D eigenvalue weighted by Gasteiger charge is -2.14. The summed E-state index contributed by atoms with van der Waals surface area (Å²) in [6, 6.07) is 11.3. The fourth-order valence-electron chi connectivity index (χ4n) is 3.01. The smallest absolute Gasteiger partial charge is 0.248 e. The lowest BCUT2D eigenvalue weighted by Crippen LogP contribution is -2.13. The molecule has 0 atom stereocenters. The van der Waals surface area contributed by atoms with E-state index < -0.39 is 5.82 Å². The van der Waals surface area contributed by atoms with E-state index in [2.05, 4.69) is 21.7 Å². The van der Waals surface area contributed by atoms with Crippen LogP contribution in [0.3, 0.4) is 0 Å². The first kappa shape index (κ1) is 24.0. The molecule has 33 heavy (non-hydrogen) atoms. The molecule has 3 aromatic rings. The number of pyridine rings is 1. The molecule has 2 aromatic carbocycles. The van der Waals surface area contributed by atoms with Crippen molar-refractivity contribution in [1.82, 2.24) is 9.88 Å². The third kappa shape index (κ3) is 6.19. The van der Waals surface area contributed by atoms with Crippen molar-refractivity contribution < 1.29 is 13.9 Å². The van der Waals surface area contributed by atoms with Crippen LogP contribution in [0.25, 0.3) is 10.9 Å². The maximum atomic E-state index is 13.5. The molecule has 1 aromatic heterocycles. The number of carbonyl (C=O) groups excluding carboxylic acids is 1. The zero-order valence-corrected chi connectivity index (χ0v) is 19.2. The number of fused-ring (bicyclic) bond motifs is 1. The minimum atomic E-state index is -0.540. The highest BCUT2D eigenvalue weighted by Crippen LogP contribution is 2.33. The number of carbonyl (C=O) groups is 1. The number of amides is 1. The number of ether oxygens (including phenoxy) is 1. The molecule has 0 fully saturated rings. The normalized spacial score (nSPS) is 11.1. The van der Waals surface area contributed by atoms with Crippen LogP contribution in [-0.4, -0.2) is 43.0 Å². The number of likely N-dealkylation sites (N-methyl/N-ethyl adjacent to an activating group) is 1. The van der Waals surface area contributed by atoms with Crippen molar-refractivity contribution >= 4 is 45.6 Å². The summed E-state index contributed by atoms with van der Waals surface area (Å²) in [6.45, 7) is 2.86. The van der Waals surface area contributed by atoms with Gasteiger partial charge in [0.25, 0.3) is 0 Å². The summed E-state index contributed by atoms with van der Waals surface area (Å²) >= 11 is 5.85. The maximum Gasteiger partial charge on any atom is 0.248 e. The summed E-state index contributed by atoms with van der Waals surface area (Å²) in [4.78, 5) is 18.8. The van der Waals surface area contributed by atoms with Gasteiger partial charge in [-0.25, -0.2) is 9.37 Å². The lowest BCUT2D eigenvalue weighted by atomic mass is 10.1. The molecule has 0 spiro atoms. The van der Waals surface area contributed by atoms with Crippen LogP contribution < -0.4 is 15.4 Å². The van der Waals surface area contributed by atoms with Gasteiger partial charge in [-0.3, -0.25) is 4.79 Å². The molecule has 1 heterocycles. The SMILES string of the molecule is CCOc1cc2nc(Nc3ccc(F)c(Cl)c3)c(C#N)cc2cc1NC(=O)C=CCN(C)C. The number of benzene rings is 2. The van der Waals surface area contributed by atoms with E-state index in [1.807, 2.05) is 25.9 Å². The van der Waals surface area contributed by atoms with Crippen LogP contribution in [0.4, 0.5) is 21.6 Å². The number of hydrogen-bond acceptors (Lipinski definition) is 6. The van der Waals surface area contributed by atoms with Gasteiger partial charge in [-0.15, -0.1) is 0 Å². The number of aromatic nitrogens is 1. The Balaban J connectivity index is 1.97. The summed E-state index contributed by atoms with van der Waals surface area (Å²) < 4.78 is 19.2. The van der Waals surface area contributed by atoms with E-state index in [4.69, 9.17) is 16.3 Å². The molecule has 7 nitrogen and oxygen atoms in total. The molecule has 2 N–H and O–H groups in total. The monoisotopic (exact) mass is 467 g/mol. The highest BCUT2D eigenvalue weighted by atomic mass is 35.5. The average molecular weight is 468 g/mol. The average Bonchev–Trinajstić information content (AvgIpc) is 2.76. The topological polar surface area (TPSA) is 90.3 Å². The highest BCUT2D eigenvalue weighted by Gasteiger charge is 2.13. The molecule has 0 aliphatic rings. The third-order valence-electron chi connectivity index (χ3n) is 4.52. The van der Waals surface area contributed by atoms with Crippen LogP contribution in [0.15, 0.2) is 48.6 Å². The number of nitrogens with zero attached hydrogens (tertiary/aromatic N) is 3. The van der Waals surface area contributed by atoms with Gasteiger partial charge >= 0.3 is 0 Å². The van der Waals surface area contributed by atoms with Crippen LogP contribution in [0.2, 0.25) is 5.02 Å². The predicted octanol–water partition coefficient (Wildman–Crippen LogP) is 5.10. The van der Waals surface area contributed by atoms with E-state index in [9.17, 15) is 14.4 Å². The van der Waals surface area contributed by atoms with E-state index in [0.717, 1.165) is 0 Å². The van der Waals surface area contributed by atoms with E-state index in [-0.39, 0.29) is 16.5 Å². The summed E-state index contributed by atoms with van der Waals surface area (Å²) in [7, 11) is 3.82. The van der Waals surface area contributed by atoms with E-state index in [1.165, 1.54) is 24.3 Å². The number of nitrogens with one attached hydrogen (secondary N) is 2. The number of rotatable bonds is 8. The van der Waals surface area contributed by atoms with Gasteiger partial charge in [-0.05, 0) is 51.4 Å². The Labute approximate surface area is 196 Å². The van der Waals surface area contributed by atoms with Crippen LogP contribution in [0.1, 0.15) is 12.5 Å². The van der Waals surface area contributed by atoms with Crippen LogP contribution >= 0.6 is 11.6 Å². The van der Waals surface area contributed by atoms with Crippen LogP contribution in [0.5, 0.6) is 5.75 Å². The van der Waals surface area contributed by atoms with E-state index in [0.29, 0.717) is 47.0 Å². The molecule has 1 amide bonds. The Bertz CT molecular complexity index is 1250. The van der Waals surface area contributed by atoms with Crippen molar-refractivity contribution in [3.05, 3.63) is 65.0 Å². The molecular formula is C24H23ClFN5O2. The lowest BCUT2D eigenvalue weighted by molar-refractivity contribution is -0.111. The van der Waals surface area contributed by atoms with Gasteiger partial charge in [-0.1, -0.05) is 17.7 Å². The van der Waals surface area contributed by atoms with Crippen molar-refractivity contribution in [3.63, 3.8) is 0 Å². The zero-order valence-electron chi connectivity index (χ0n) is 18.4. The van der Waals surface area contributed by atoms with Crippen molar-refractivity contribution in [2.45, 2.75) is 6.92 Å². The first-order valence-corrected chi connectivity index (χ1v) is 10.5. The number of hydrogen-bond donors (Lipinski definition) is 2. The van der Waals surface area contributed by atoms with E-state index >= 15 is 0 Å². The molecule has 0 saturated carbocycles. The van der Waals surface area contributed by atoms with Gasteiger partial charge in [-0.2, -0.15) is 5.26 Å². The minimum Gasteiger partial charge on any atom is -0.492 e. The van der Waals surface area contributed by atoms with Gasteiger partial charge in [0.15, 0.2) is 0 Å². The first-order valence-electron chi connectivity index (χ1n) is 10.2. The molecule has 0 aliphatic carbocycles. The molecule has 9 heteroatoms.